The lowest BCUT2D eigenvalue weighted by atomic mass is 10.1. The summed E-state index contributed by atoms with van der Waals surface area (Å²) in [5.74, 6) is 0.592. The first-order valence-corrected chi connectivity index (χ1v) is 10.3. The lowest BCUT2D eigenvalue weighted by Gasteiger charge is -2.15. The number of hydrogen-bond acceptors (Lipinski definition) is 5. The van der Waals surface area contributed by atoms with Crippen LogP contribution in [0.25, 0.3) is 0 Å². The standard InChI is InChI=1S/C22H20N4O2S/c1-15(27)26-10-7-17-12-19(5-6-20(17)26)25-22(28)18-4-2-3-16(11-18)14-29-21-13-23-8-9-24-21/h2-6,8-9,11-13H,7,10,14H2,1H3,(H,25,28). The molecule has 1 aliphatic heterocycles. The molecule has 0 atom stereocenters. The molecule has 1 aliphatic rings. The van der Waals surface area contributed by atoms with E-state index in [-0.39, 0.29) is 11.8 Å². The average Bonchev–Trinajstić information content (AvgIpc) is 3.17. The third-order valence-electron chi connectivity index (χ3n) is 4.73. The molecule has 6 nitrogen and oxygen atoms in total. The van der Waals surface area contributed by atoms with Crippen LogP contribution in [0.3, 0.4) is 0 Å². The third kappa shape index (κ3) is 4.46. The fourth-order valence-corrected chi connectivity index (χ4v) is 4.09. The van der Waals surface area contributed by atoms with Gasteiger partial charge < -0.3 is 10.2 Å². The number of benzene rings is 2. The smallest absolute Gasteiger partial charge is 0.255 e. The first-order chi connectivity index (χ1) is 14.1. The number of aromatic nitrogens is 2. The average molecular weight is 404 g/mol. The van der Waals surface area contributed by atoms with Gasteiger partial charge in [-0.15, -0.1) is 11.8 Å². The number of carbonyl (C=O) groups excluding carboxylic acids is 2. The Morgan fingerprint density at radius 3 is 2.86 bits per heavy atom. The van der Waals surface area contributed by atoms with Gasteiger partial charge in [-0.3, -0.25) is 14.6 Å². The SMILES string of the molecule is CC(=O)N1CCc2cc(NC(=O)c3cccc(CSc4cnccn4)c3)ccc21. The molecule has 0 bridgehead atoms. The Morgan fingerprint density at radius 2 is 2.07 bits per heavy atom. The minimum Gasteiger partial charge on any atom is -0.322 e. The summed E-state index contributed by atoms with van der Waals surface area (Å²) in [4.78, 5) is 34.5. The monoisotopic (exact) mass is 404 g/mol. The van der Waals surface area contributed by atoms with Crippen molar-refractivity contribution in [1.82, 2.24) is 9.97 Å². The predicted molar refractivity (Wildman–Crippen MR) is 114 cm³/mol. The van der Waals surface area contributed by atoms with Crippen molar-refractivity contribution in [2.75, 3.05) is 16.8 Å². The Labute approximate surface area is 173 Å². The van der Waals surface area contributed by atoms with Crippen LogP contribution < -0.4 is 10.2 Å². The molecule has 1 N–H and O–H groups in total. The Hall–Kier alpha value is -3.19. The van der Waals surface area contributed by atoms with Crippen LogP contribution in [0.1, 0.15) is 28.4 Å². The number of hydrogen-bond donors (Lipinski definition) is 1. The highest BCUT2D eigenvalue weighted by atomic mass is 32.2. The van der Waals surface area contributed by atoms with Gasteiger partial charge in [-0.05, 0) is 47.9 Å². The molecule has 1 aromatic heterocycles. The first kappa shape index (κ1) is 19.1. The van der Waals surface area contributed by atoms with E-state index in [9.17, 15) is 9.59 Å². The van der Waals surface area contributed by atoms with Gasteiger partial charge in [0.2, 0.25) is 5.91 Å². The summed E-state index contributed by atoms with van der Waals surface area (Å²) >= 11 is 1.58. The number of amides is 2. The van der Waals surface area contributed by atoms with Gasteiger partial charge in [0, 0.05) is 48.6 Å². The minimum atomic E-state index is -0.155. The summed E-state index contributed by atoms with van der Waals surface area (Å²) in [6.07, 6.45) is 5.83. The quantitative estimate of drug-likeness (QED) is 0.652. The molecule has 29 heavy (non-hydrogen) atoms. The largest absolute Gasteiger partial charge is 0.322 e. The molecule has 2 amide bonds. The van der Waals surface area contributed by atoms with E-state index in [1.54, 1.807) is 48.2 Å². The van der Waals surface area contributed by atoms with Crippen molar-refractivity contribution in [3.63, 3.8) is 0 Å². The van der Waals surface area contributed by atoms with Gasteiger partial charge in [0.25, 0.3) is 5.91 Å². The van der Waals surface area contributed by atoms with Crippen molar-refractivity contribution in [3.8, 4) is 0 Å². The van der Waals surface area contributed by atoms with Crippen LogP contribution >= 0.6 is 11.8 Å². The normalized spacial score (nSPS) is 12.5. The number of thioether (sulfide) groups is 1. The molecular weight excluding hydrogens is 384 g/mol. The van der Waals surface area contributed by atoms with Crippen LogP contribution in [0, 0.1) is 0 Å². The highest BCUT2D eigenvalue weighted by molar-refractivity contribution is 7.98. The van der Waals surface area contributed by atoms with Gasteiger partial charge in [-0.2, -0.15) is 0 Å². The summed E-state index contributed by atoms with van der Waals surface area (Å²) in [6.45, 7) is 2.26. The second kappa shape index (κ2) is 8.45. The lowest BCUT2D eigenvalue weighted by Crippen LogP contribution is -2.25. The number of carbonyl (C=O) groups is 2. The highest BCUT2D eigenvalue weighted by Crippen LogP contribution is 2.30. The van der Waals surface area contributed by atoms with E-state index in [4.69, 9.17) is 0 Å². The van der Waals surface area contributed by atoms with E-state index >= 15 is 0 Å². The molecule has 3 aromatic rings. The molecule has 2 heterocycles. The van der Waals surface area contributed by atoms with Crippen molar-refractivity contribution in [2.24, 2.45) is 0 Å². The molecule has 146 valence electrons. The molecule has 0 aliphatic carbocycles. The van der Waals surface area contributed by atoms with E-state index in [1.165, 1.54) is 0 Å². The van der Waals surface area contributed by atoms with Crippen molar-refractivity contribution >= 4 is 35.0 Å². The van der Waals surface area contributed by atoms with E-state index in [0.29, 0.717) is 17.9 Å². The van der Waals surface area contributed by atoms with Crippen LogP contribution in [0.5, 0.6) is 0 Å². The van der Waals surface area contributed by atoms with Crippen molar-refractivity contribution < 1.29 is 9.59 Å². The first-order valence-electron chi connectivity index (χ1n) is 9.30. The molecule has 2 aromatic carbocycles. The van der Waals surface area contributed by atoms with Crippen LogP contribution in [0.15, 0.2) is 66.1 Å². The molecule has 4 rings (SSSR count). The van der Waals surface area contributed by atoms with E-state index in [2.05, 4.69) is 15.3 Å². The number of anilines is 2. The second-order valence-corrected chi connectivity index (χ2v) is 7.75. The van der Waals surface area contributed by atoms with E-state index in [1.807, 2.05) is 36.4 Å². The Kier molecular flexibility index (Phi) is 5.57. The van der Waals surface area contributed by atoms with Crippen LogP contribution in [0.2, 0.25) is 0 Å². The molecule has 7 heteroatoms. The van der Waals surface area contributed by atoms with Gasteiger partial charge in [-0.1, -0.05) is 12.1 Å². The fraction of sp³-hybridized carbons (Fsp3) is 0.182. The van der Waals surface area contributed by atoms with E-state index < -0.39 is 0 Å². The number of fused-ring (bicyclic) bond motifs is 1. The molecular formula is C22H20N4O2S. The number of rotatable bonds is 5. The maximum absolute atomic E-state index is 12.7. The Bertz CT molecular complexity index is 1060. The molecule has 0 radical (unpaired) electrons. The maximum Gasteiger partial charge on any atom is 0.255 e. The lowest BCUT2D eigenvalue weighted by molar-refractivity contribution is -0.116. The summed E-state index contributed by atoms with van der Waals surface area (Å²) in [5, 5.41) is 3.81. The topological polar surface area (TPSA) is 75.2 Å². The molecule has 0 saturated heterocycles. The van der Waals surface area contributed by atoms with Crippen molar-refractivity contribution in [3.05, 3.63) is 77.7 Å². The zero-order chi connectivity index (χ0) is 20.2. The van der Waals surface area contributed by atoms with Crippen molar-refractivity contribution in [2.45, 2.75) is 24.1 Å². The number of nitrogens with one attached hydrogen (secondary N) is 1. The molecule has 0 spiro atoms. The molecule has 0 fully saturated rings. The summed E-state index contributed by atoms with van der Waals surface area (Å²) < 4.78 is 0. The fourth-order valence-electron chi connectivity index (χ4n) is 3.33. The summed E-state index contributed by atoms with van der Waals surface area (Å²) in [7, 11) is 0. The van der Waals surface area contributed by atoms with Gasteiger partial charge in [0.1, 0.15) is 5.03 Å². The predicted octanol–water partition coefficient (Wildman–Crippen LogP) is 3.93. The van der Waals surface area contributed by atoms with Gasteiger partial charge in [0.15, 0.2) is 0 Å². The zero-order valence-electron chi connectivity index (χ0n) is 16.0. The highest BCUT2D eigenvalue weighted by Gasteiger charge is 2.22. The second-order valence-electron chi connectivity index (χ2n) is 6.75. The maximum atomic E-state index is 12.7. The minimum absolute atomic E-state index is 0.0386. The molecule has 0 saturated carbocycles. The van der Waals surface area contributed by atoms with Gasteiger partial charge in [-0.25, -0.2) is 4.98 Å². The van der Waals surface area contributed by atoms with Crippen LogP contribution in [-0.4, -0.2) is 28.3 Å². The third-order valence-corrected chi connectivity index (χ3v) is 5.71. The van der Waals surface area contributed by atoms with Gasteiger partial charge in [0.05, 0.1) is 6.20 Å². The zero-order valence-corrected chi connectivity index (χ0v) is 16.8. The van der Waals surface area contributed by atoms with Crippen LogP contribution in [-0.2, 0) is 17.0 Å². The Balaban J connectivity index is 1.43. The van der Waals surface area contributed by atoms with Crippen LogP contribution in [0.4, 0.5) is 11.4 Å². The summed E-state index contributed by atoms with van der Waals surface area (Å²) in [5.41, 5.74) is 4.39. The summed E-state index contributed by atoms with van der Waals surface area (Å²) in [6, 6.07) is 13.3. The van der Waals surface area contributed by atoms with E-state index in [0.717, 1.165) is 33.9 Å². The Morgan fingerprint density at radius 1 is 1.17 bits per heavy atom. The van der Waals surface area contributed by atoms with Crippen molar-refractivity contribution in [1.29, 1.82) is 0 Å². The number of nitrogens with zero attached hydrogens (tertiary/aromatic N) is 3. The molecule has 0 unspecified atom stereocenters. The van der Waals surface area contributed by atoms with Gasteiger partial charge >= 0.3 is 0 Å².